The molecular weight excluding hydrogens is 420 g/mol. The molecule has 1 aliphatic heterocycles. The largest absolute Gasteiger partial charge is 0.496 e. The molecule has 0 saturated heterocycles. The highest BCUT2D eigenvalue weighted by atomic mass is 35.5. The maximum Gasteiger partial charge on any atom is 0.251 e. The summed E-state index contributed by atoms with van der Waals surface area (Å²) in [6.45, 7) is 4.06. The van der Waals surface area contributed by atoms with Gasteiger partial charge < -0.3 is 24.8 Å². The van der Waals surface area contributed by atoms with Crippen molar-refractivity contribution in [3.63, 3.8) is 0 Å². The van der Waals surface area contributed by atoms with Gasteiger partial charge in [0.2, 0.25) is 5.91 Å². The van der Waals surface area contributed by atoms with Crippen molar-refractivity contribution in [2.24, 2.45) is 5.92 Å². The lowest BCUT2D eigenvalue weighted by molar-refractivity contribution is -0.137. The molecule has 0 radical (unpaired) electrons. The van der Waals surface area contributed by atoms with Gasteiger partial charge in [0.15, 0.2) is 0 Å². The maximum atomic E-state index is 13.4. The van der Waals surface area contributed by atoms with E-state index in [-0.39, 0.29) is 30.8 Å². The highest BCUT2D eigenvalue weighted by molar-refractivity contribution is 6.30. The molecule has 2 atom stereocenters. The van der Waals surface area contributed by atoms with Crippen molar-refractivity contribution in [2.75, 3.05) is 20.8 Å². The van der Waals surface area contributed by atoms with Crippen molar-refractivity contribution in [3.8, 4) is 11.5 Å². The van der Waals surface area contributed by atoms with Crippen LogP contribution >= 0.6 is 11.6 Å². The van der Waals surface area contributed by atoms with Crippen molar-refractivity contribution in [2.45, 2.75) is 32.5 Å². The highest BCUT2D eigenvalue weighted by Gasteiger charge is 2.36. The zero-order valence-electron chi connectivity index (χ0n) is 18.0. The van der Waals surface area contributed by atoms with Gasteiger partial charge >= 0.3 is 0 Å². The van der Waals surface area contributed by atoms with E-state index in [1.807, 2.05) is 13.8 Å². The lowest BCUT2D eigenvalue weighted by atomic mass is 9.93. The third-order valence-electron chi connectivity index (χ3n) is 5.43. The number of ether oxygens (including phenoxy) is 2. The molecular formula is C23H27ClN2O5. The summed E-state index contributed by atoms with van der Waals surface area (Å²) in [5.41, 5.74) is 1.73. The van der Waals surface area contributed by atoms with Crippen LogP contribution in [-0.2, 0) is 11.3 Å². The number of fused-ring (bicyclic) bond motifs is 1. The number of aliphatic hydroxyl groups is 1. The number of aliphatic hydroxyl groups excluding tert-OH is 1. The van der Waals surface area contributed by atoms with Gasteiger partial charge in [-0.2, -0.15) is 0 Å². The first-order valence-corrected chi connectivity index (χ1v) is 10.4. The Bertz CT molecular complexity index is 961. The summed E-state index contributed by atoms with van der Waals surface area (Å²) in [6.07, 6.45) is -0.933. The van der Waals surface area contributed by atoms with Gasteiger partial charge in [0.05, 0.1) is 20.8 Å². The Labute approximate surface area is 186 Å². The molecule has 8 heteroatoms. The summed E-state index contributed by atoms with van der Waals surface area (Å²) in [5.74, 6) is 0.327. The van der Waals surface area contributed by atoms with Crippen LogP contribution in [0.2, 0.25) is 5.02 Å². The molecule has 2 aromatic carbocycles. The molecule has 0 spiro atoms. The standard InChI is InChI=1S/C23H27ClN2O5/c1-13(2)21(25-22(28)14-5-7-15(24)8-6-14)23(29)26-11-16-18(30-3)9-10-19(31-4)20(16)17(27)12-26/h5-10,13,17,21,27H,11-12H2,1-4H3,(H,25,28)/t17-,21+/m0/s1. The van der Waals surface area contributed by atoms with Crippen molar-refractivity contribution in [1.29, 1.82) is 0 Å². The van der Waals surface area contributed by atoms with Crippen molar-refractivity contribution >= 4 is 23.4 Å². The average molecular weight is 447 g/mol. The normalized spacial score (nSPS) is 16.5. The predicted octanol–water partition coefficient (Wildman–Crippen LogP) is 3.19. The molecule has 2 aromatic rings. The number of methoxy groups -OCH3 is 2. The first-order valence-electron chi connectivity index (χ1n) is 10.0. The monoisotopic (exact) mass is 446 g/mol. The van der Waals surface area contributed by atoms with Gasteiger partial charge in [-0.3, -0.25) is 9.59 Å². The number of benzene rings is 2. The van der Waals surface area contributed by atoms with E-state index in [1.165, 1.54) is 7.11 Å². The molecule has 0 aliphatic carbocycles. The first-order chi connectivity index (χ1) is 14.8. The minimum atomic E-state index is -0.933. The molecule has 2 amide bonds. The van der Waals surface area contributed by atoms with Crippen molar-refractivity contribution in [3.05, 3.63) is 58.1 Å². The summed E-state index contributed by atoms with van der Waals surface area (Å²) in [7, 11) is 3.08. The molecule has 0 aromatic heterocycles. The predicted molar refractivity (Wildman–Crippen MR) is 117 cm³/mol. The molecule has 0 fully saturated rings. The Morgan fingerprint density at radius 3 is 2.29 bits per heavy atom. The van der Waals surface area contributed by atoms with Crippen molar-refractivity contribution < 1.29 is 24.2 Å². The number of rotatable bonds is 6. The van der Waals surface area contributed by atoms with Gasteiger partial charge in [0.25, 0.3) is 5.91 Å². The molecule has 0 saturated carbocycles. The van der Waals surface area contributed by atoms with Crippen LogP contribution in [0.15, 0.2) is 36.4 Å². The van der Waals surface area contributed by atoms with E-state index in [4.69, 9.17) is 21.1 Å². The summed E-state index contributed by atoms with van der Waals surface area (Å²) in [4.78, 5) is 27.6. The Balaban J connectivity index is 1.85. The van der Waals surface area contributed by atoms with Gasteiger partial charge in [-0.1, -0.05) is 25.4 Å². The topological polar surface area (TPSA) is 88.1 Å². The summed E-state index contributed by atoms with van der Waals surface area (Å²) < 4.78 is 10.8. The van der Waals surface area contributed by atoms with E-state index in [9.17, 15) is 14.7 Å². The van der Waals surface area contributed by atoms with E-state index in [0.29, 0.717) is 33.2 Å². The van der Waals surface area contributed by atoms with Crippen LogP contribution in [0.3, 0.4) is 0 Å². The minimum absolute atomic E-state index is 0.0927. The Hall–Kier alpha value is -2.77. The zero-order chi connectivity index (χ0) is 22.7. The summed E-state index contributed by atoms with van der Waals surface area (Å²) in [6, 6.07) is 9.20. The Morgan fingerprint density at radius 1 is 1.10 bits per heavy atom. The first kappa shape index (κ1) is 22.9. The number of hydrogen-bond acceptors (Lipinski definition) is 5. The number of amides is 2. The fourth-order valence-electron chi connectivity index (χ4n) is 3.78. The number of halogens is 1. The number of nitrogens with zero attached hydrogens (tertiary/aromatic N) is 1. The molecule has 166 valence electrons. The molecule has 2 N–H and O–H groups in total. The maximum absolute atomic E-state index is 13.4. The second-order valence-electron chi connectivity index (χ2n) is 7.80. The minimum Gasteiger partial charge on any atom is -0.496 e. The van der Waals surface area contributed by atoms with Gasteiger partial charge in [0, 0.05) is 28.3 Å². The number of carbonyl (C=O) groups is 2. The van der Waals surface area contributed by atoms with E-state index >= 15 is 0 Å². The average Bonchev–Trinajstić information content (AvgIpc) is 2.76. The number of hydrogen-bond donors (Lipinski definition) is 2. The fourth-order valence-corrected chi connectivity index (χ4v) is 3.91. The number of nitrogens with one attached hydrogen (secondary N) is 1. The SMILES string of the molecule is COc1ccc(OC)c2c1CN(C(=O)[C@H](NC(=O)c1ccc(Cl)cc1)C(C)C)C[C@@H]2O. The Kier molecular flexibility index (Phi) is 7.08. The highest BCUT2D eigenvalue weighted by Crippen LogP contribution is 2.39. The second kappa shape index (κ2) is 9.58. The lowest BCUT2D eigenvalue weighted by Gasteiger charge is -2.36. The molecule has 3 rings (SSSR count). The molecule has 0 unspecified atom stereocenters. The summed E-state index contributed by atoms with van der Waals surface area (Å²) in [5, 5.41) is 14.1. The molecule has 31 heavy (non-hydrogen) atoms. The van der Waals surface area contributed by atoms with Crippen LogP contribution in [0, 0.1) is 5.92 Å². The molecule has 7 nitrogen and oxygen atoms in total. The van der Waals surface area contributed by atoms with Gasteiger partial charge in [0.1, 0.15) is 23.6 Å². The van der Waals surface area contributed by atoms with Gasteiger partial charge in [-0.25, -0.2) is 0 Å². The van der Waals surface area contributed by atoms with Crippen molar-refractivity contribution in [1.82, 2.24) is 10.2 Å². The smallest absolute Gasteiger partial charge is 0.251 e. The third-order valence-corrected chi connectivity index (χ3v) is 5.68. The molecule has 1 aliphatic rings. The van der Waals surface area contributed by atoms with Crippen LogP contribution < -0.4 is 14.8 Å². The number of carbonyl (C=O) groups excluding carboxylic acids is 2. The quantitative estimate of drug-likeness (QED) is 0.711. The Morgan fingerprint density at radius 2 is 1.71 bits per heavy atom. The van der Waals surface area contributed by atoms with Crippen LogP contribution in [-0.4, -0.2) is 48.6 Å². The van der Waals surface area contributed by atoms with Crippen LogP contribution in [0.1, 0.15) is 41.4 Å². The summed E-state index contributed by atoms with van der Waals surface area (Å²) >= 11 is 5.89. The van der Waals surface area contributed by atoms with Crippen LogP contribution in [0.25, 0.3) is 0 Å². The van der Waals surface area contributed by atoms with Crippen LogP contribution in [0.5, 0.6) is 11.5 Å². The van der Waals surface area contributed by atoms with Crippen LogP contribution in [0.4, 0.5) is 0 Å². The van der Waals surface area contributed by atoms with E-state index in [2.05, 4.69) is 5.32 Å². The van der Waals surface area contributed by atoms with E-state index in [0.717, 1.165) is 0 Å². The van der Waals surface area contributed by atoms with E-state index < -0.39 is 12.1 Å². The van der Waals surface area contributed by atoms with Gasteiger partial charge in [-0.15, -0.1) is 0 Å². The number of β-amino-alcohol motifs (C(OH)–C–C–N with tert-alkyl or cyclic N) is 1. The fraction of sp³-hybridized carbons (Fsp3) is 0.391. The third kappa shape index (κ3) is 4.78. The zero-order valence-corrected chi connectivity index (χ0v) is 18.8. The molecule has 0 bridgehead atoms. The van der Waals surface area contributed by atoms with E-state index in [1.54, 1.807) is 48.4 Å². The second-order valence-corrected chi connectivity index (χ2v) is 8.24. The van der Waals surface area contributed by atoms with Gasteiger partial charge in [-0.05, 0) is 42.3 Å². The lowest BCUT2D eigenvalue weighted by Crippen LogP contribution is -2.52. The molecule has 1 heterocycles.